The van der Waals surface area contributed by atoms with Crippen LogP contribution in [0.15, 0.2) is 30.3 Å². The van der Waals surface area contributed by atoms with Gasteiger partial charge in [-0.2, -0.15) is 0 Å². The number of benzene rings is 1. The Labute approximate surface area is 160 Å². The van der Waals surface area contributed by atoms with Crippen LogP contribution in [0, 0.1) is 5.92 Å². The van der Waals surface area contributed by atoms with Crippen molar-refractivity contribution in [3.63, 3.8) is 0 Å². The van der Waals surface area contributed by atoms with Crippen LogP contribution in [0.5, 0.6) is 0 Å². The SMILES string of the molecule is CC(C)CNC(=O)c1ccc(NC(=O)c2cc(Cl)nc(Cl)c2)cc1Cl. The number of halogens is 3. The lowest BCUT2D eigenvalue weighted by atomic mass is 10.1. The fraction of sp³-hybridized carbons (Fsp3) is 0.235. The summed E-state index contributed by atoms with van der Waals surface area (Å²) in [6.45, 7) is 4.55. The molecule has 2 aromatic rings. The summed E-state index contributed by atoms with van der Waals surface area (Å²) >= 11 is 17.7. The zero-order valence-corrected chi connectivity index (χ0v) is 15.8. The third-order valence-electron chi connectivity index (χ3n) is 3.17. The zero-order valence-electron chi connectivity index (χ0n) is 13.6. The number of carbonyl (C=O) groups excluding carboxylic acids is 2. The molecule has 0 unspecified atom stereocenters. The normalized spacial score (nSPS) is 10.6. The fourth-order valence-electron chi connectivity index (χ4n) is 1.97. The van der Waals surface area contributed by atoms with E-state index in [1.54, 1.807) is 12.1 Å². The van der Waals surface area contributed by atoms with Gasteiger partial charge in [-0.05, 0) is 36.2 Å². The molecule has 0 saturated heterocycles. The lowest BCUT2D eigenvalue weighted by Crippen LogP contribution is -2.27. The Hall–Kier alpha value is -1.82. The average Bonchev–Trinajstić information content (AvgIpc) is 2.51. The summed E-state index contributed by atoms with van der Waals surface area (Å²) in [6.07, 6.45) is 0. The highest BCUT2D eigenvalue weighted by atomic mass is 35.5. The van der Waals surface area contributed by atoms with E-state index in [1.165, 1.54) is 18.2 Å². The van der Waals surface area contributed by atoms with Crippen molar-refractivity contribution in [3.8, 4) is 0 Å². The van der Waals surface area contributed by atoms with Crippen LogP contribution in [0.1, 0.15) is 34.6 Å². The lowest BCUT2D eigenvalue weighted by Gasteiger charge is -2.11. The smallest absolute Gasteiger partial charge is 0.255 e. The van der Waals surface area contributed by atoms with Crippen LogP contribution >= 0.6 is 34.8 Å². The summed E-state index contributed by atoms with van der Waals surface area (Å²) in [5, 5.41) is 5.94. The molecule has 8 heteroatoms. The van der Waals surface area contributed by atoms with Crippen molar-refractivity contribution in [1.82, 2.24) is 10.3 Å². The van der Waals surface area contributed by atoms with Crippen LogP contribution in [0.25, 0.3) is 0 Å². The van der Waals surface area contributed by atoms with Gasteiger partial charge in [-0.1, -0.05) is 48.7 Å². The monoisotopic (exact) mass is 399 g/mol. The average molecular weight is 401 g/mol. The number of amides is 2. The molecule has 2 N–H and O–H groups in total. The van der Waals surface area contributed by atoms with Crippen molar-refractivity contribution in [2.24, 2.45) is 5.92 Å². The molecule has 0 fully saturated rings. The van der Waals surface area contributed by atoms with E-state index < -0.39 is 5.91 Å². The van der Waals surface area contributed by atoms with Crippen molar-refractivity contribution in [2.45, 2.75) is 13.8 Å². The molecule has 0 spiro atoms. The molecule has 2 rings (SSSR count). The van der Waals surface area contributed by atoms with Gasteiger partial charge in [-0.25, -0.2) is 4.98 Å². The molecular weight excluding hydrogens is 385 g/mol. The summed E-state index contributed by atoms with van der Waals surface area (Å²) in [5.41, 5.74) is 1.05. The second-order valence-corrected chi connectivity index (χ2v) is 6.94. The minimum atomic E-state index is -0.417. The van der Waals surface area contributed by atoms with Gasteiger partial charge in [-0.15, -0.1) is 0 Å². The van der Waals surface area contributed by atoms with Crippen LogP contribution < -0.4 is 10.6 Å². The van der Waals surface area contributed by atoms with Crippen molar-refractivity contribution in [3.05, 3.63) is 56.8 Å². The van der Waals surface area contributed by atoms with Gasteiger partial charge in [0.25, 0.3) is 11.8 Å². The third-order valence-corrected chi connectivity index (χ3v) is 3.87. The summed E-state index contributed by atoms with van der Waals surface area (Å²) in [7, 11) is 0. The Bertz CT molecular complexity index is 789. The Balaban J connectivity index is 2.12. The van der Waals surface area contributed by atoms with E-state index in [1.807, 2.05) is 13.8 Å². The number of nitrogens with zero attached hydrogens (tertiary/aromatic N) is 1. The van der Waals surface area contributed by atoms with E-state index in [9.17, 15) is 9.59 Å². The summed E-state index contributed by atoms with van der Waals surface area (Å²) < 4.78 is 0. The van der Waals surface area contributed by atoms with E-state index >= 15 is 0 Å². The van der Waals surface area contributed by atoms with E-state index in [4.69, 9.17) is 34.8 Å². The molecule has 132 valence electrons. The number of nitrogens with one attached hydrogen (secondary N) is 2. The summed E-state index contributed by atoms with van der Waals surface area (Å²) in [6, 6.07) is 7.46. The van der Waals surface area contributed by atoms with Crippen LogP contribution in [0.2, 0.25) is 15.3 Å². The molecule has 0 bridgehead atoms. The predicted molar refractivity (Wildman–Crippen MR) is 101 cm³/mol. The lowest BCUT2D eigenvalue weighted by molar-refractivity contribution is 0.0948. The summed E-state index contributed by atoms with van der Waals surface area (Å²) in [4.78, 5) is 28.1. The van der Waals surface area contributed by atoms with E-state index in [2.05, 4.69) is 15.6 Å². The van der Waals surface area contributed by atoms with Gasteiger partial charge in [0.15, 0.2) is 0 Å². The number of pyridine rings is 1. The molecule has 1 aromatic heterocycles. The first-order valence-electron chi connectivity index (χ1n) is 7.48. The Kier molecular flexibility index (Phi) is 6.64. The van der Waals surface area contributed by atoms with Gasteiger partial charge < -0.3 is 10.6 Å². The number of carbonyl (C=O) groups is 2. The number of hydrogen-bond acceptors (Lipinski definition) is 3. The second-order valence-electron chi connectivity index (χ2n) is 5.75. The maximum absolute atomic E-state index is 12.2. The Morgan fingerprint density at radius 2 is 1.68 bits per heavy atom. The largest absolute Gasteiger partial charge is 0.352 e. The first-order chi connectivity index (χ1) is 11.8. The molecule has 25 heavy (non-hydrogen) atoms. The van der Waals surface area contributed by atoms with E-state index in [0.717, 1.165) is 0 Å². The highest BCUT2D eigenvalue weighted by Crippen LogP contribution is 2.22. The second kappa shape index (κ2) is 8.52. The van der Waals surface area contributed by atoms with Crippen LogP contribution in [0.4, 0.5) is 5.69 Å². The Morgan fingerprint density at radius 1 is 1.04 bits per heavy atom. The molecule has 0 aliphatic heterocycles. The molecule has 2 amide bonds. The molecule has 5 nitrogen and oxygen atoms in total. The summed E-state index contributed by atoms with van der Waals surface area (Å²) in [5.74, 6) is -0.344. The standard InChI is InChI=1S/C17H16Cl3N3O2/c1-9(2)8-21-17(25)12-4-3-11(7-13(12)18)22-16(24)10-5-14(19)23-15(20)6-10/h3-7,9H,8H2,1-2H3,(H,21,25)(H,22,24). The molecule has 0 atom stereocenters. The van der Waals surface area contributed by atoms with Gasteiger partial charge >= 0.3 is 0 Å². The van der Waals surface area contributed by atoms with Gasteiger partial charge in [0.1, 0.15) is 10.3 Å². The molecule has 0 aliphatic carbocycles. The van der Waals surface area contributed by atoms with Crippen LogP contribution in [0.3, 0.4) is 0 Å². The Morgan fingerprint density at radius 3 is 2.24 bits per heavy atom. The molecule has 0 saturated carbocycles. The van der Waals surface area contributed by atoms with Gasteiger partial charge in [0.2, 0.25) is 0 Å². The van der Waals surface area contributed by atoms with Crippen molar-refractivity contribution in [1.29, 1.82) is 0 Å². The number of aromatic nitrogens is 1. The molecular formula is C17H16Cl3N3O2. The minimum Gasteiger partial charge on any atom is -0.352 e. The van der Waals surface area contributed by atoms with Crippen molar-refractivity contribution in [2.75, 3.05) is 11.9 Å². The predicted octanol–water partition coefficient (Wildman–Crippen LogP) is 4.68. The quantitative estimate of drug-likeness (QED) is 0.716. The third kappa shape index (κ3) is 5.59. The fourth-order valence-corrected chi connectivity index (χ4v) is 2.70. The van der Waals surface area contributed by atoms with E-state index in [0.29, 0.717) is 23.7 Å². The van der Waals surface area contributed by atoms with Gasteiger partial charge in [0.05, 0.1) is 10.6 Å². The molecule has 1 heterocycles. The van der Waals surface area contributed by atoms with Gasteiger partial charge in [0, 0.05) is 17.8 Å². The molecule has 1 aromatic carbocycles. The topological polar surface area (TPSA) is 71.1 Å². The first-order valence-corrected chi connectivity index (χ1v) is 8.62. The molecule has 0 radical (unpaired) electrons. The zero-order chi connectivity index (χ0) is 18.6. The maximum Gasteiger partial charge on any atom is 0.255 e. The maximum atomic E-state index is 12.2. The number of hydrogen-bond donors (Lipinski definition) is 2. The molecule has 0 aliphatic rings. The first kappa shape index (κ1) is 19.5. The number of anilines is 1. The van der Waals surface area contributed by atoms with Gasteiger partial charge in [-0.3, -0.25) is 9.59 Å². The number of rotatable bonds is 5. The van der Waals surface area contributed by atoms with Crippen molar-refractivity contribution < 1.29 is 9.59 Å². The van der Waals surface area contributed by atoms with Crippen molar-refractivity contribution >= 4 is 52.3 Å². The van der Waals surface area contributed by atoms with Crippen LogP contribution in [-0.2, 0) is 0 Å². The van der Waals surface area contributed by atoms with Crippen LogP contribution in [-0.4, -0.2) is 23.3 Å². The minimum absolute atomic E-state index is 0.118. The van der Waals surface area contributed by atoms with E-state index in [-0.39, 0.29) is 26.8 Å². The highest BCUT2D eigenvalue weighted by Gasteiger charge is 2.13. The highest BCUT2D eigenvalue weighted by molar-refractivity contribution is 6.34.